The second-order valence-corrected chi connectivity index (χ2v) is 19.1. The summed E-state index contributed by atoms with van der Waals surface area (Å²) >= 11 is 4.07. The molecule has 0 bridgehead atoms. The molecule has 6 aromatic rings. The summed E-state index contributed by atoms with van der Waals surface area (Å²) in [5.74, 6) is 1.64. The average Bonchev–Trinajstić information content (AvgIpc) is 3.79. The molecule has 0 N–H and O–H groups in total. The van der Waals surface area contributed by atoms with Gasteiger partial charge >= 0.3 is 0 Å². The molecule has 2 aliphatic heterocycles. The molecule has 0 amide bonds. The van der Waals surface area contributed by atoms with E-state index in [2.05, 4.69) is 149 Å². The predicted octanol–water partition coefficient (Wildman–Crippen LogP) is 13.7. The molecule has 0 radical (unpaired) electrons. The number of hydrogen-bond donors (Lipinski definition) is 0. The molecule has 0 unspecified atom stereocenters. The Kier molecular flexibility index (Phi) is 9.84. The van der Waals surface area contributed by atoms with Gasteiger partial charge in [-0.3, -0.25) is 0 Å². The highest BCUT2D eigenvalue weighted by molar-refractivity contribution is 7.39. The lowest BCUT2D eigenvalue weighted by Gasteiger charge is -2.42. The standard InChI is InChI=1S/C50H55BN2S2/c1-8-34-15-25-45-41(28-34)47-49(54-45)51-43(30-52(47)39-21-17-36(18-22-39)31(3)4)44(27-33(7)38-13-11-10-12-14-38)53(40-23-19-37(20-24-40)32(5)6)48-42-29-35(9-2)16-26-46(42)55-50(48)51/h15-29,31-32,38H,8-14,30H2,1-7H3/b33-27+. The maximum Gasteiger partial charge on any atom is 0.272 e. The summed E-state index contributed by atoms with van der Waals surface area (Å²) in [5.41, 5.74) is 15.4. The number of aryl methyl sites for hydroxylation is 2. The maximum atomic E-state index is 2.70. The summed E-state index contributed by atoms with van der Waals surface area (Å²) in [6, 6.07) is 33.6. The van der Waals surface area contributed by atoms with E-state index in [4.69, 9.17) is 0 Å². The summed E-state index contributed by atoms with van der Waals surface area (Å²) < 4.78 is 5.78. The highest BCUT2D eigenvalue weighted by Crippen LogP contribution is 2.49. The first-order valence-corrected chi connectivity index (χ1v) is 22.7. The Labute approximate surface area is 337 Å². The van der Waals surface area contributed by atoms with Gasteiger partial charge in [0.15, 0.2) is 0 Å². The van der Waals surface area contributed by atoms with Gasteiger partial charge < -0.3 is 9.80 Å². The predicted molar refractivity (Wildman–Crippen MR) is 245 cm³/mol. The van der Waals surface area contributed by atoms with Crippen LogP contribution in [-0.2, 0) is 12.8 Å². The number of anilines is 4. The topological polar surface area (TPSA) is 6.48 Å². The molecule has 1 aliphatic carbocycles. The van der Waals surface area contributed by atoms with Crippen molar-refractivity contribution in [2.45, 2.75) is 105 Å². The zero-order chi connectivity index (χ0) is 38.0. The summed E-state index contributed by atoms with van der Waals surface area (Å²) in [6.45, 7) is 17.3. The van der Waals surface area contributed by atoms with Crippen molar-refractivity contribution in [1.82, 2.24) is 0 Å². The minimum absolute atomic E-state index is 0.206. The number of allylic oxidation sites excluding steroid dienone is 2. The number of hydrogen-bond acceptors (Lipinski definition) is 4. The number of fused-ring (bicyclic) bond motifs is 9. The van der Waals surface area contributed by atoms with E-state index in [-0.39, 0.29) is 6.71 Å². The number of thiophene rings is 2. The maximum absolute atomic E-state index is 2.70. The molecule has 0 atom stereocenters. The van der Waals surface area contributed by atoms with Gasteiger partial charge in [-0.15, -0.1) is 22.7 Å². The van der Waals surface area contributed by atoms with Crippen LogP contribution in [0.15, 0.2) is 108 Å². The van der Waals surface area contributed by atoms with Crippen LogP contribution in [0.3, 0.4) is 0 Å². The molecule has 4 aromatic carbocycles. The van der Waals surface area contributed by atoms with Crippen molar-refractivity contribution < 1.29 is 0 Å². The molecule has 3 aliphatic rings. The molecule has 1 fully saturated rings. The molecule has 0 saturated heterocycles. The van der Waals surface area contributed by atoms with Crippen molar-refractivity contribution in [3.63, 3.8) is 0 Å². The number of rotatable bonds is 8. The fourth-order valence-electron chi connectivity index (χ4n) is 9.50. The third-order valence-electron chi connectivity index (χ3n) is 12.9. The summed E-state index contributed by atoms with van der Waals surface area (Å²) in [4.78, 5) is 5.38. The lowest BCUT2D eigenvalue weighted by atomic mass is 9.38. The Morgan fingerprint density at radius 1 is 0.691 bits per heavy atom. The average molecular weight is 759 g/mol. The van der Waals surface area contributed by atoms with Gasteiger partial charge in [0, 0.05) is 53.3 Å². The molecular formula is C50H55BN2S2. The van der Waals surface area contributed by atoms with Gasteiger partial charge in [0.2, 0.25) is 0 Å². The van der Waals surface area contributed by atoms with Crippen LogP contribution in [0.2, 0.25) is 0 Å². The molecule has 5 heteroatoms. The molecule has 280 valence electrons. The van der Waals surface area contributed by atoms with Crippen molar-refractivity contribution in [2.24, 2.45) is 5.92 Å². The molecule has 4 heterocycles. The molecule has 9 rings (SSSR count). The van der Waals surface area contributed by atoms with Gasteiger partial charge in [0.1, 0.15) is 0 Å². The van der Waals surface area contributed by atoms with E-state index in [0.29, 0.717) is 17.8 Å². The molecular weight excluding hydrogens is 704 g/mol. The fraction of sp³-hybridized carbons (Fsp3) is 0.360. The van der Waals surface area contributed by atoms with Gasteiger partial charge in [-0.25, -0.2) is 0 Å². The van der Waals surface area contributed by atoms with E-state index in [1.807, 2.05) is 22.7 Å². The minimum atomic E-state index is 0.206. The lowest BCUT2D eigenvalue weighted by Crippen LogP contribution is -2.55. The van der Waals surface area contributed by atoms with Crippen molar-refractivity contribution >= 4 is 81.9 Å². The van der Waals surface area contributed by atoms with Crippen LogP contribution in [0, 0.1) is 5.92 Å². The quantitative estimate of drug-likeness (QED) is 0.143. The fourth-order valence-corrected chi connectivity index (χ4v) is 12.2. The zero-order valence-electron chi connectivity index (χ0n) is 33.8. The first-order valence-electron chi connectivity index (χ1n) is 21.0. The Hall–Kier alpha value is -4.06. The van der Waals surface area contributed by atoms with E-state index < -0.39 is 0 Å². The van der Waals surface area contributed by atoms with Gasteiger partial charge in [0.25, 0.3) is 6.71 Å². The van der Waals surface area contributed by atoms with Crippen LogP contribution in [0.1, 0.15) is 115 Å². The normalized spacial score (nSPS) is 16.5. The molecule has 55 heavy (non-hydrogen) atoms. The van der Waals surface area contributed by atoms with Crippen LogP contribution in [0.25, 0.3) is 20.2 Å². The minimum Gasteiger partial charge on any atom is -0.337 e. The molecule has 2 nitrogen and oxygen atoms in total. The van der Waals surface area contributed by atoms with E-state index in [1.165, 1.54) is 118 Å². The smallest absolute Gasteiger partial charge is 0.272 e. The van der Waals surface area contributed by atoms with E-state index in [1.54, 1.807) is 5.57 Å². The zero-order valence-corrected chi connectivity index (χ0v) is 35.5. The van der Waals surface area contributed by atoms with Crippen molar-refractivity contribution in [3.8, 4) is 0 Å². The highest BCUT2D eigenvalue weighted by atomic mass is 32.1. The van der Waals surface area contributed by atoms with Crippen LogP contribution < -0.4 is 19.4 Å². The van der Waals surface area contributed by atoms with E-state index >= 15 is 0 Å². The van der Waals surface area contributed by atoms with E-state index in [9.17, 15) is 0 Å². The Balaban J connectivity index is 1.37. The summed E-state index contributed by atoms with van der Waals surface area (Å²) in [6.07, 6.45) is 11.4. The third-order valence-corrected chi connectivity index (χ3v) is 15.3. The van der Waals surface area contributed by atoms with Crippen molar-refractivity contribution in [2.75, 3.05) is 16.3 Å². The molecule has 0 spiro atoms. The monoisotopic (exact) mass is 758 g/mol. The Morgan fingerprint density at radius 2 is 1.22 bits per heavy atom. The van der Waals surface area contributed by atoms with E-state index in [0.717, 1.165) is 19.4 Å². The van der Waals surface area contributed by atoms with Gasteiger partial charge in [-0.1, -0.05) is 103 Å². The second kappa shape index (κ2) is 14.8. The van der Waals surface area contributed by atoms with Gasteiger partial charge in [0.05, 0.1) is 11.4 Å². The Morgan fingerprint density at radius 3 is 1.76 bits per heavy atom. The van der Waals surface area contributed by atoms with Crippen LogP contribution in [0.5, 0.6) is 0 Å². The lowest BCUT2D eigenvalue weighted by molar-refractivity contribution is 0.403. The van der Waals surface area contributed by atoms with Crippen LogP contribution in [0.4, 0.5) is 22.7 Å². The largest absolute Gasteiger partial charge is 0.337 e. The summed E-state index contributed by atoms with van der Waals surface area (Å²) in [7, 11) is 0. The number of benzene rings is 4. The second-order valence-electron chi connectivity index (χ2n) is 17.0. The van der Waals surface area contributed by atoms with Gasteiger partial charge in [-0.2, -0.15) is 0 Å². The Bertz CT molecular complexity index is 2440. The first-order chi connectivity index (χ1) is 26.7. The molecule has 1 saturated carbocycles. The van der Waals surface area contributed by atoms with Crippen molar-refractivity contribution in [3.05, 3.63) is 130 Å². The van der Waals surface area contributed by atoms with Crippen LogP contribution >= 0.6 is 22.7 Å². The van der Waals surface area contributed by atoms with Gasteiger partial charge in [-0.05, 0) is 133 Å². The number of nitrogens with zero attached hydrogens (tertiary/aromatic N) is 2. The summed E-state index contributed by atoms with van der Waals surface area (Å²) in [5, 5.41) is 2.81. The van der Waals surface area contributed by atoms with Crippen LogP contribution in [-0.4, -0.2) is 13.3 Å². The first kappa shape index (κ1) is 36.6. The van der Waals surface area contributed by atoms with Crippen molar-refractivity contribution in [1.29, 1.82) is 0 Å². The third kappa shape index (κ3) is 6.40. The SMILES string of the molecule is CCc1ccc2sc3c(c2c1)N(c1ccc(C(C)C)cc1)CC1=C(/C=C(\C)C2CCCCC2)N(c2ccc(C(C)C)cc2)c2c(sc4ccc(CC)cc24)B13. The molecule has 2 aromatic heterocycles. The highest BCUT2D eigenvalue weighted by Gasteiger charge is 2.46.